The molecule has 0 aliphatic heterocycles. The van der Waals surface area contributed by atoms with Gasteiger partial charge in [-0.05, 0) is 37.0 Å². The van der Waals surface area contributed by atoms with Crippen LogP contribution in [0.3, 0.4) is 0 Å². The molecule has 0 radical (unpaired) electrons. The van der Waals surface area contributed by atoms with Crippen LogP contribution in [0.4, 0.5) is 0 Å². The smallest absolute Gasteiger partial charge is 0.119 e. The highest BCUT2D eigenvalue weighted by molar-refractivity contribution is 5.31. The molecule has 108 valence electrons. The van der Waals surface area contributed by atoms with E-state index in [9.17, 15) is 0 Å². The maximum absolute atomic E-state index is 5.80. The molecule has 0 atom stereocenters. The summed E-state index contributed by atoms with van der Waals surface area (Å²) in [5.74, 6) is 0.988. The number of hydrogen-bond acceptors (Lipinski definition) is 1. The van der Waals surface area contributed by atoms with Gasteiger partial charge in [0.15, 0.2) is 0 Å². The zero-order valence-corrected chi connectivity index (χ0v) is 13.3. The van der Waals surface area contributed by atoms with Crippen LogP contribution in [0.25, 0.3) is 0 Å². The van der Waals surface area contributed by atoms with Gasteiger partial charge in [0.1, 0.15) is 5.75 Å². The van der Waals surface area contributed by atoms with Crippen LogP contribution in [0.1, 0.15) is 46.6 Å². The van der Waals surface area contributed by atoms with E-state index >= 15 is 0 Å². The second-order valence-electron chi connectivity index (χ2n) is 6.18. The molecule has 0 aromatic heterocycles. The molecule has 0 spiro atoms. The Labute approximate surface area is 118 Å². The van der Waals surface area contributed by atoms with Crippen LogP contribution < -0.4 is 9.64 Å². The summed E-state index contributed by atoms with van der Waals surface area (Å²) in [6.45, 7) is 15.6. The number of nitrogens with one attached hydrogen (secondary N) is 1. The molecule has 0 bridgehead atoms. The lowest BCUT2D eigenvalue weighted by Gasteiger charge is -2.19. The van der Waals surface area contributed by atoms with Gasteiger partial charge in [-0.2, -0.15) is 0 Å². The van der Waals surface area contributed by atoms with Gasteiger partial charge >= 0.3 is 0 Å². The van der Waals surface area contributed by atoms with Crippen molar-refractivity contribution < 1.29 is 9.64 Å². The predicted molar refractivity (Wildman–Crippen MR) is 82.2 cm³/mol. The zero-order chi connectivity index (χ0) is 14.3. The highest BCUT2D eigenvalue weighted by Crippen LogP contribution is 2.24. The van der Waals surface area contributed by atoms with E-state index in [-0.39, 0.29) is 5.41 Å². The molecule has 19 heavy (non-hydrogen) atoms. The van der Waals surface area contributed by atoms with Crippen LogP contribution >= 0.6 is 0 Å². The lowest BCUT2D eigenvalue weighted by molar-refractivity contribution is -0.896. The molecular formula is C17H30NO+. The molecular weight excluding hydrogens is 234 g/mol. The molecule has 0 saturated carbocycles. The van der Waals surface area contributed by atoms with Crippen LogP contribution in [0.5, 0.6) is 5.75 Å². The molecule has 0 amide bonds. The van der Waals surface area contributed by atoms with E-state index in [4.69, 9.17) is 4.74 Å². The largest absolute Gasteiger partial charge is 0.493 e. The van der Waals surface area contributed by atoms with E-state index in [1.807, 2.05) is 0 Å². The van der Waals surface area contributed by atoms with E-state index in [0.29, 0.717) is 0 Å². The highest BCUT2D eigenvalue weighted by atomic mass is 16.5. The fraction of sp³-hybridized carbons (Fsp3) is 0.647. The Hall–Kier alpha value is -1.02. The van der Waals surface area contributed by atoms with Crippen molar-refractivity contribution in [3.05, 3.63) is 29.8 Å². The minimum absolute atomic E-state index is 0.213. The van der Waals surface area contributed by atoms with Gasteiger partial charge < -0.3 is 9.64 Å². The third-order valence-electron chi connectivity index (χ3n) is 3.66. The maximum atomic E-state index is 5.80. The molecule has 0 aliphatic rings. The molecule has 0 aliphatic carbocycles. The van der Waals surface area contributed by atoms with Gasteiger partial charge in [-0.15, -0.1) is 0 Å². The third kappa shape index (κ3) is 5.65. The van der Waals surface area contributed by atoms with Crippen molar-refractivity contribution in [3.8, 4) is 5.75 Å². The van der Waals surface area contributed by atoms with Crippen LogP contribution in [0, 0.1) is 0 Å². The van der Waals surface area contributed by atoms with Crippen LogP contribution in [0.15, 0.2) is 24.3 Å². The molecule has 0 fully saturated rings. The Kier molecular flexibility index (Phi) is 6.36. The Morgan fingerprint density at radius 3 is 2.05 bits per heavy atom. The van der Waals surface area contributed by atoms with Crippen molar-refractivity contribution in [1.29, 1.82) is 0 Å². The topological polar surface area (TPSA) is 13.7 Å². The lowest BCUT2D eigenvalue weighted by Crippen LogP contribution is -3.11. The standard InChI is InChI=1S/C17H29NO/c1-6-18(7-2)13-8-14-19-16-11-9-15(10-12-16)17(3,4)5/h9-12H,6-8,13-14H2,1-5H3/p+1. The van der Waals surface area contributed by atoms with Crippen LogP contribution in [0.2, 0.25) is 0 Å². The fourth-order valence-corrected chi connectivity index (χ4v) is 2.17. The van der Waals surface area contributed by atoms with Gasteiger partial charge in [-0.25, -0.2) is 0 Å². The molecule has 1 aromatic carbocycles. The summed E-state index contributed by atoms with van der Waals surface area (Å²) < 4.78 is 5.80. The van der Waals surface area contributed by atoms with Gasteiger partial charge in [0.2, 0.25) is 0 Å². The molecule has 2 heteroatoms. The molecule has 0 saturated heterocycles. The minimum Gasteiger partial charge on any atom is -0.493 e. The summed E-state index contributed by atoms with van der Waals surface area (Å²) in [5, 5.41) is 0. The van der Waals surface area contributed by atoms with Gasteiger partial charge in [0, 0.05) is 6.42 Å². The Balaban J connectivity index is 2.34. The molecule has 0 unspecified atom stereocenters. The Morgan fingerprint density at radius 1 is 1.00 bits per heavy atom. The first-order valence-electron chi connectivity index (χ1n) is 7.54. The Bertz CT molecular complexity index is 347. The average molecular weight is 264 g/mol. The summed E-state index contributed by atoms with van der Waals surface area (Å²) >= 11 is 0. The van der Waals surface area contributed by atoms with Crippen LogP contribution in [-0.2, 0) is 5.41 Å². The number of quaternary nitrogens is 1. The van der Waals surface area contributed by atoms with Crippen molar-refractivity contribution in [2.75, 3.05) is 26.2 Å². The molecule has 0 heterocycles. The Morgan fingerprint density at radius 2 is 1.58 bits per heavy atom. The summed E-state index contributed by atoms with van der Waals surface area (Å²) in [7, 11) is 0. The number of hydrogen-bond donors (Lipinski definition) is 1. The predicted octanol–water partition coefficient (Wildman–Crippen LogP) is 2.68. The van der Waals surface area contributed by atoms with Crippen molar-refractivity contribution in [2.45, 2.75) is 46.5 Å². The van der Waals surface area contributed by atoms with Crippen molar-refractivity contribution in [1.82, 2.24) is 0 Å². The number of rotatable bonds is 7. The van der Waals surface area contributed by atoms with Crippen molar-refractivity contribution in [2.24, 2.45) is 0 Å². The van der Waals surface area contributed by atoms with Crippen LogP contribution in [-0.4, -0.2) is 26.2 Å². The molecule has 1 N–H and O–H groups in total. The normalized spacial score (nSPS) is 11.9. The van der Waals surface area contributed by atoms with Gasteiger partial charge in [-0.3, -0.25) is 0 Å². The zero-order valence-electron chi connectivity index (χ0n) is 13.3. The summed E-state index contributed by atoms with van der Waals surface area (Å²) in [4.78, 5) is 1.65. The number of benzene rings is 1. The molecule has 1 rings (SSSR count). The summed E-state index contributed by atoms with van der Waals surface area (Å²) in [6.07, 6.45) is 1.12. The monoisotopic (exact) mass is 264 g/mol. The minimum atomic E-state index is 0.213. The molecule has 2 nitrogen and oxygen atoms in total. The highest BCUT2D eigenvalue weighted by Gasteiger charge is 2.12. The second-order valence-corrected chi connectivity index (χ2v) is 6.18. The summed E-state index contributed by atoms with van der Waals surface area (Å²) in [5.41, 5.74) is 1.57. The first kappa shape index (κ1) is 16.0. The van der Waals surface area contributed by atoms with Gasteiger partial charge in [0.25, 0.3) is 0 Å². The SMILES string of the molecule is CC[NH+](CC)CCCOc1ccc(C(C)(C)C)cc1. The lowest BCUT2D eigenvalue weighted by atomic mass is 9.87. The fourth-order valence-electron chi connectivity index (χ4n) is 2.17. The third-order valence-corrected chi connectivity index (χ3v) is 3.66. The first-order valence-corrected chi connectivity index (χ1v) is 7.54. The van der Waals surface area contributed by atoms with Gasteiger partial charge in [-0.1, -0.05) is 32.9 Å². The van der Waals surface area contributed by atoms with E-state index in [2.05, 4.69) is 58.9 Å². The van der Waals surface area contributed by atoms with E-state index in [1.165, 1.54) is 25.2 Å². The van der Waals surface area contributed by atoms with Crippen molar-refractivity contribution in [3.63, 3.8) is 0 Å². The summed E-state index contributed by atoms with van der Waals surface area (Å²) in [6, 6.07) is 8.52. The van der Waals surface area contributed by atoms with Crippen molar-refractivity contribution >= 4 is 0 Å². The quantitative estimate of drug-likeness (QED) is 0.748. The van der Waals surface area contributed by atoms with E-state index in [1.54, 1.807) is 4.90 Å². The van der Waals surface area contributed by atoms with E-state index < -0.39 is 0 Å². The number of ether oxygens (including phenoxy) is 1. The second kappa shape index (κ2) is 7.54. The maximum Gasteiger partial charge on any atom is 0.119 e. The van der Waals surface area contributed by atoms with Gasteiger partial charge in [0.05, 0.1) is 26.2 Å². The van der Waals surface area contributed by atoms with E-state index in [0.717, 1.165) is 18.8 Å². The molecule has 1 aromatic rings. The average Bonchev–Trinajstić information content (AvgIpc) is 2.38. The first-order chi connectivity index (χ1) is 8.97.